The number of benzene rings is 8. The van der Waals surface area contributed by atoms with Crippen LogP contribution >= 0.6 is 0 Å². The zero-order valence-corrected chi connectivity index (χ0v) is 29.0. The molecule has 0 saturated heterocycles. The molecule has 0 spiro atoms. The highest BCUT2D eigenvalue weighted by Crippen LogP contribution is 2.50. The van der Waals surface area contributed by atoms with Crippen molar-refractivity contribution in [2.45, 2.75) is 13.8 Å². The van der Waals surface area contributed by atoms with Crippen LogP contribution in [-0.4, -0.2) is 9.97 Å². The largest absolute Gasteiger partial charge is 0.308 e. The lowest BCUT2D eigenvalue weighted by Crippen LogP contribution is -2.13. The first-order valence-corrected chi connectivity index (χ1v) is 17.7. The lowest BCUT2D eigenvalue weighted by molar-refractivity contribution is 1.19. The van der Waals surface area contributed by atoms with E-state index in [2.05, 4.69) is 168 Å². The summed E-state index contributed by atoms with van der Waals surface area (Å²) in [4.78, 5) is 14.3. The molecule has 2 heterocycles. The Labute approximate surface area is 302 Å². The highest BCUT2D eigenvalue weighted by molar-refractivity contribution is 6.29. The van der Waals surface area contributed by atoms with Crippen LogP contribution in [0.5, 0.6) is 0 Å². The number of hydrogen-bond acceptors (Lipinski definition) is 4. The lowest BCUT2D eigenvalue weighted by atomic mass is 9.88. The maximum absolute atomic E-state index is 4.93. The van der Waals surface area contributed by atoms with E-state index in [0.29, 0.717) is 0 Å². The molecule has 0 radical (unpaired) electrons. The van der Waals surface area contributed by atoms with Gasteiger partial charge in [0.2, 0.25) is 0 Å². The number of anilines is 6. The van der Waals surface area contributed by atoms with E-state index in [-0.39, 0.29) is 0 Å². The van der Waals surface area contributed by atoms with Crippen LogP contribution in [0.4, 0.5) is 34.3 Å². The second-order valence-electron chi connectivity index (χ2n) is 13.6. The molecule has 10 rings (SSSR count). The van der Waals surface area contributed by atoms with E-state index in [1.807, 2.05) is 30.7 Å². The van der Waals surface area contributed by atoms with Gasteiger partial charge >= 0.3 is 0 Å². The van der Waals surface area contributed by atoms with E-state index >= 15 is 0 Å². The van der Waals surface area contributed by atoms with Crippen molar-refractivity contribution in [2.75, 3.05) is 9.80 Å². The van der Waals surface area contributed by atoms with Crippen molar-refractivity contribution in [3.63, 3.8) is 0 Å². The summed E-state index contributed by atoms with van der Waals surface area (Å²) < 4.78 is 0. The van der Waals surface area contributed by atoms with Crippen LogP contribution in [0.25, 0.3) is 53.9 Å². The van der Waals surface area contributed by atoms with Gasteiger partial charge in [-0.25, -0.2) is 4.98 Å². The van der Waals surface area contributed by atoms with Gasteiger partial charge in [-0.15, -0.1) is 0 Å². The molecule has 8 aromatic carbocycles. The van der Waals surface area contributed by atoms with E-state index in [4.69, 9.17) is 4.98 Å². The summed E-state index contributed by atoms with van der Waals surface area (Å²) in [6, 6.07) is 54.6. The second-order valence-corrected chi connectivity index (χ2v) is 13.6. The van der Waals surface area contributed by atoms with Gasteiger partial charge in [0.05, 0.1) is 34.6 Å². The normalized spacial score (nSPS) is 11.7. The molecule has 0 amide bonds. The minimum Gasteiger partial charge on any atom is -0.308 e. The van der Waals surface area contributed by atoms with E-state index in [1.54, 1.807) is 0 Å². The Morgan fingerprint density at radius 1 is 0.404 bits per heavy atom. The summed E-state index contributed by atoms with van der Waals surface area (Å²) in [6.45, 7) is 4.48. The number of aromatic nitrogens is 2. The molecule has 0 fully saturated rings. The van der Waals surface area contributed by atoms with Gasteiger partial charge in [0.1, 0.15) is 5.82 Å². The Bertz CT molecular complexity index is 2720. The second kappa shape index (κ2) is 11.9. The van der Waals surface area contributed by atoms with Crippen LogP contribution in [0.3, 0.4) is 0 Å². The lowest BCUT2D eigenvalue weighted by Gasteiger charge is -2.30. The molecule has 0 aliphatic heterocycles. The predicted molar refractivity (Wildman–Crippen MR) is 220 cm³/mol. The average Bonchev–Trinajstić information content (AvgIpc) is 3.20. The van der Waals surface area contributed by atoms with Crippen molar-refractivity contribution in [1.82, 2.24) is 9.97 Å². The third-order valence-corrected chi connectivity index (χ3v) is 10.5. The van der Waals surface area contributed by atoms with Crippen molar-refractivity contribution in [2.24, 2.45) is 0 Å². The van der Waals surface area contributed by atoms with Crippen LogP contribution in [0.2, 0.25) is 0 Å². The van der Waals surface area contributed by atoms with E-state index in [1.165, 1.54) is 65.0 Å². The molecule has 0 atom stereocenters. The van der Waals surface area contributed by atoms with Gasteiger partial charge in [0.25, 0.3) is 0 Å². The van der Waals surface area contributed by atoms with Crippen molar-refractivity contribution in [3.05, 3.63) is 181 Å². The number of rotatable bonds is 6. The van der Waals surface area contributed by atoms with Gasteiger partial charge in [0, 0.05) is 33.9 Å². The molecule has 52 heavy (non-hydrogen) atoms. The van der Waals surface area contributed by atoms with Crippen LogP contribution < -0.4 is 9.80 Å². The molecule has 0 saturated carbocycles. The van der Waals surface area contributed by atoms with E-state index in [9.17, 15) is 0 Å². The van der Waals surface area contributed by atoms with Crippen molar-refractivity contribution in [1.29, 1.82) is 0 Å². The molecule has 4 heteroatoms. The van der Waals surface area contributed by atoms with Crippen molar-refractivity contribution >= 4 is 88.1 Å². The first kappa shape index (κ1) is 30.1. The van der Waals surface area contributed by atoms with Gasteiger partial charge in [0.15, 0.2) is 0 Å². The third kappa shape index (κ3) is 4.61. The molecule has 0 bridgehead atoms. The number of aryl methyl sites for hydroxylation is 2. The standard InChI is InChI=1S/C48H34N4/c1-31-28-44(51(35-16-11-26-49-30-35)42-19-9-14-33-12-3-5-17-38(33)42)40-24-22-37-32(2)29-45(41-25-23-36(31)47(40)48(37)41)52(46-21-7-8-27-50-46)43-20-10-15-34-13-4-6-18-39(34)43/h3-30H,1-2H3. The van der Waals surface area contributed by atoms with Gasteiger partial charge in [-0.1, -0.05) is 103 Å². The molecule has 0 aliphatic rings. The number of fused-ring (bicyclic) bond motifs is 2. The molecule has 246 valence electrons. The fraction of sp³-hybridized carbons (Fsp3) is 0.0417. The highest BCUT2D eigenvalue weighted by atomic mass is 15.2. The van der Waals surface area contributed by atoms with Crippen LogP contribution in [-0.2, 0) is 0 Å². The minimum atomic E-state index is 0.879. The Kier molecular flexibility index (Phi) is 6.90. The average molecular weight is 667 g/mol. The molecule has 2 aromatic heterocycles. The summed E-state index contributed by atoms with van der Waals surface area (Å²) >= 11 is 0. The minimum absolute atomic E-state index is 0.879. The molecular weight excluding hydrogens is 633 g/mol. The first-order valence-electron chi connectivity index (χ1n) is 17.7. The van der Waals surface area contributed by atoms with Crippen LogP contribution in [0.1, 0.15) is 11.1 Å². The van der Waals surface area contributed by atoms with Gasteiger partial charge < -0.3 is 4.90 Å². The zero-order chi connectivity index (χ0) is 34.8. The number of hydrogen-bond donors (Lipinski definition) is 0. The number of pyridine rings is 2. The maximum atomic E-state index is 4.93. The molecule has 10 aromatic rings. The van der Waals surface area contributed by atoms with Crippen molar-refractivity contribution < 1.29 is 0 Å². The number of nitrogens with zero attached hydrogens (tertiary/aromatic N) is 4. The third-order valence-electron chi connectivity index (χ3n) is 10.5. The summed E-state index contributed by atoms with van der Waals surface area (Å²) in [5, 5.41) is 12.2. The summed E-state index contributed by atoms with van der Waals surface area (Å²) in [7, 11) is 0. The maximum Gasteiger partial charge on any atom is 0.137 e. The van der Waals surface area contributed by atoms with Gasteiger partial charge in [-0.2, -0.15) is 0 Å². The quantitative estimate of drug-likeness (QED) is 0.165. The Morgan fingerprint density at radius 2 is 0.942 bits per heavy atom. The SMILES string of the molecule is Cc1cc(N(c2cccnc2)c2cccc3ccccc23)c2ccc3c(C)cc(N(c4ccccn4)c4cccc5ccccc45)c4ccc1c2c34. The molecular formula is C48H34N4. The molecule has 0 aliphatic carbocycles. The predicted octanol–water partition coefficient (Wildman–Crippen LogP) is 13.2. The first-order chi connectivity index (χ1) is 25.7. The van der Waals surface area contributed by atoms with Crippen LogP contribution in [0, 0.1) is 13.8 Å². The summed E-state index contributed by atoms with van der Waals surface area (Å²) in [5.74, 6) is 0.879. The summed E-state index contributed by atoms with van der Waals surface area (Å²) in [5.41, 5.74) is 7.92. The van der Waals surface area contributed by atoms with Crippen molar-refractivity contribution in [3.8, 4) is 0 Å². The fourth-order valence-electron chi connectivity index (χ4n) is 8.23. The van der Waals surface area contributed by atoms with E-state index in [0.717, 1.165) is 34.3 Å². The molecule has 4 nitrogen and oxygen atoms in total. The smallest absolute Gasteiger partial charge is 0.137 e. The van der Waals surface area contributed by atoms with Gasteiger partial charge in [-0.3, -0.25) is 9.88 Å². The van der Waals surface area contributed by atoms with E-state index < -0.39 is 0 Å². The molecule has 0 unspecified atom stereocenters. The topological polar surface area (TPSA) is 32.3 Å². The zero-order valence-electron chi connectivity index (χ0n) is 29.0. The molecule has 0 N–H and O–H groups in total. The van der Waals surface area contributed by atoms with Gasteiger partial charge in [-0.05, 0) is 106 Å². The Balaban J connectivity index is 1.31. The summed E-state index contributed by atoms with van der Waals surface area (Å²) in [6.07, 6.45) is 5.69. The highest BCUT2D eigenvalue weighted by Gasteiger charge is 2.25. The Morgan fingerprint density at radius 3 is 1.52 bits per heavy atom. The Hall–Kier alpha value is -6.78. The fourth-order valence-corrected chi connectivity index (χ4v) is 8.23. The monoisotopic (exact) mass is 666 g/mol. The van der Waals surface area contributed by atoms with Crippen LogP contribution in [0.15, 0.2) is 170 Å².